The van der Waals surface area contributed by atoms with Gasteiger partial charge in [-0.25, -0.2) is 0 Å². The van der Waals surface area contributed by atoms with Crippen LogP contribution in [0.25, 0.3) is 0 Å². The zero-order valence-electron chi connectivity index (χ0n) is 3.67. The quantitative estimate of drug-likeness (QED) is 0.166. The minimum Gasteiger partial charge on any atom is -1.00 e. The summed E-state index contributed by atoms with van der Waals surface area (Å²) < 4.78 is 17.7. The summed E-state index contributed by atoms with van der Waals surface area (Å²) in [6, 6.07) is 0. The van der Waals surface area contributed by atoms with Gasteiger partial charge in [0.2, 0.25) is 0 Å². The van der Waals surface area contributed by atoms with Crippen LogP contribution in [-0.2, 0) is 10.1 Å². The van der Waals surface area contributed by atoms with Crippen LogP contribution in [-0.4, -0.2) is 8.76 Å². The van der Waals surface area contributed by atoms with E-state index in [0.29, 0.717) is 0 Å². The molecule has 0 N–H and O–H groups in total. The molecule has 0 saturated heterocycles. The molecule has 5 heteroatoms. The summed E-state index contributed by atoms with van der Waals surface area (Å²) in [7, 11) is -2.17. The molecule has 0 aliphatic heterocycles. The minimum absolute atomic E-state index is 0. The Balaban J connectivity index is -0.0000000450. The van der Waals surface area contributed by atoms with Gasteiger partial charge in [-0.1, -0.05) is 11.7 Å². The zero-order chi connectivity index (χ0) is 3.58. The van der Waals surface area contributed by atoms with Crippen LogP contribution in [0.1, 0.15) is 1.43 Å². The molecule has 0 aliphatic carbocycles. The van der Waals surface area contributed by atoms with Gasteiger partial charge in [-0.2, -0.15) is 0 Å². The Hall–Kier alpha value is 2.10. The van der Waals surface area contributed by atoms with E-state index in [-0.39, 0.29) is 52.8 Å². The number of hydrogen-bond acceptors (Lipinski definition) is 2. The molecule has 0 aromatic rings. The van der Waals surface area contributed by atoms with Gasteiger partial charge in [-0.05, 0) is 0 Å². The van der Waals surface area contributed by atoms with Gasteiger partial charge in [0.05, 0.1) is 0 Å². The molecule has 28 valence electrons. The predicted molar refractivity (Wildman–Crippen MR) is 19.0 cm³/mol. The molecule has 0 aliphatic rings. The Bertz CT molecular complexity index is 34.5. The Labute approximate surface area is 81.7 Å². The van der Waals surface area contributed by atoms with Crippen molar-refractivity contribution in [3.8, 4) is 0 Å². The van der Waals surface area contributed by atoms with Crippen molar-refractivity contribution in [1.82, 2.24) is 0 Å². The average Bonchev–Trinajstić information content (AvgIpc) is 0.811. The fourth-order valence-electron chi connectivity index (χ4n) is 0. The topological polar surface area (TPSA) is 40.1 Å². The molecular formula is H2KO2S2-. The summed E-state index contributed by atoms with van der Waals surface area (Å²) in [6.07, 6.45) is 0. The van der Waals surface area contributed by atoms with E-state index in [1.165, 1.54) is 0 Å². The first-order valence-electron chi connectivity index (χ1n) is 0.516. The van der Waals surface area contributed by atoms with E-state index in [9.17, 15) is 0 Å². The molecule has 1 unspecified atom stereocenters. The third kappa shape index (κ3) is 23.3. The average molecular weight is 137 g/mol. The van der Waals surface area contributed by atoms with Crippen molar-refractivity contribution in [2.24, 2.45) is 0 Å². The van der Waals surface area contributed by atoms with Crippen LogP contribution in [0.15, 0.2) is 0 Å². The van der Waals surface area contributed by atoms with Crippen LogP contribution in [0, 0.1) is 0 Å². The van der Waals surface area contributed by atoms with E-state index in [1.54, 1.807) is 0 Å². The molecule has 0 rings (SSSR count). The first-order valence-corrected chi connectivity index (χ1v) is 2.64. The number of hydrogen-bond donors (Lipinski definition) is 1. The molecule has 0 amide bonds. The van der Waals surface area contributed by atoms with E-state index in [4.69, 9.17) is 8.76 Å². The van der Waals surface area contributed by atoms with Crippen LogP contribution >= 0.6 is 11.7 Å². The van der Waals surface area contributed by atoms with Crippen LogP contribution in [0.3, 0.4) is 0 Å². The van der Waals surface area contributed by atoms with Gasteiger partial charge in [0.25, 0.3) is 0 Å². The molecular weight excluding hydrogens is 135 g/mol. The van der Waals surface area contributed by atoms with Gasteiger partial charge >= 0.3 is 51.4 Å². The van der Waals surface area contributed by atoms with Gasteiger partial charge < -0.3 is 5.98 Å². The monoisotopic (exact) mass is 137 g/mol. The molecule has 2 nitrogen and oxygen atoms in total. The molecule has 0 heterocycles. The zero-order valence-corrected chi connectivity index (χ0v) is 7.51. The van der Waals surface area contributed by atoms with Gasteiger partial charge in [0.15, 0.2) is 0 Å². The van der Waals surface area contributed by atoms with Gasteiger partial charge in [0.1, 0.15) is 0 Å². The van der Waals surface area contributed by atoms with E-state index >= 15 is 0 Å². The second-order valence-electron chi connectivity index (χ2n) is 0.217. The van der Waals surface area contributed by atoms with Crippen LogP contribution in [0.4, 0.5) is 0 Å². The third-order valence-corrected chi connectivity index (χ3v) is 0. The Morgan fingerprint density at radius 2 is 2.00 bits per heavy atom. The smallest absolute Gasteiger partial charge is 1.00 e. The predicted octanol–water partition coefficient (Wildman–Crippen LogP) is -3.17. The first-order chi connectivity index (χ1) is 1.73. The van der Waals surface area contributed by atoms with Crippen molar-refractivity contribution in [3.63, 3.8) is 0 Å². The van der Waals surface area contributed by atoms with Crippen molar-refractivity contribution in [2.45, 2.75) is 0 Å². The fraction of sp³-hybridized carbons (Fsp3) is 0. The van der Waals surface area contributed by atoms with Crippen LogP contribution in [0.5, 0.6) is 0 Å². The summed E-state index contributed by atoms with van der Waals surface area (Å²) in [5.74, 6) is 0. The normalized spacial score (nSPS) is 12.4. The van der Waals surface area contributed by atoms with E-state index < -0.39 is 10.1 Å². The van der Waals surface area contributed by atoms with Crippen molar-refractivity contribution >= 4 is 21.8 Å². The summed E-state index contributed by atoms with van der Waals surface area (Å²) in [4.78, 5) is 0. The Kier molecular flexibility index (Phi) is 12.4. The standard InChI is InChI=1S/K.H2O2S2.H/c;1-4(2)3;/h;(H2,1,2,3);/q+1;;-1/p-1. The van der Waals surface area contributed by atoms with Crippen LogP contribution in [0.2, 0.25) is 0 Å². The second-order valence-corrected chi connectivity index (χ2v) is 1.55. The van der Waals surface area contributed by atoms with Gasteiger partial charge in [0, 0.05) is 10.1 Å². The van der Waals surface area contributed by atoms with Crippen molar-refractivity contribution in [1.29, 1.82) is 0 Å². The first kappa shape index (κ1) is 10.2. The summed E-state index contributed by atoms with van der Waals surface area (Å²) >= 11 is 2.88. The Morgan fingerprint density at radius 3 is 2.00 bits per heavy atom. The molecule has 1 atom stereocenters. The maximum absolute atomic E-state index is 8.86. The summed E-state index contributed by atoms with van der Waals surface area (Å²) in [6.45, 7) is 0. The van der Waals surface area contributed by atoms with Crippen molar-refractivity contribution < 1.29 is 61.6 Å². The van der Waals surface area contributed by atoms with Gasteiger partial charge in [-0.15, -0.1) is 0 Å². The molecule has 0 bridgehead atoms. The van der Waals surface area contributed by atoms with E-state index in [2.05, 4.69) is 11.7 Å². The maximum atomic E-state index is 8.86. The largest absolute Gasteiger partial charge is 1.00 e. The third-order valence-electron chi connectivity index (χ3n) is 0. The number of thiol groups is 1. The second kappa shape index (κ2) is 6.10. The molecule has 0 radical (unpaired) electrons. The van der Waals surface area contributed by atoms with E-state index in [0.717, 1.165) is 0 Å². The van der Waals surface area contributed by atoms with Gasteiger partial charge in [-0.3, -0.25) is 4.21 Å². The molecule has 0 aromatic carbocycles. The fourth-order valence-corrected chi connectivity index (χ4v) is 0. The number of rotatable bonds is 0. The molecule has 0 aromatic heterocycles. The minimum atomic E-state index is -2.17. The molecule has 5 heavy (non-hydrogen) atoms. The summed E-state index contributed by atoms with van der Waals surface area (Å²) in [5.41, 5.74) is 0. The molecule has 0 fully saturated rings. The van der Waals surface area contributed by atoms with Crippen molar-refractivity contribution in [2.75, 3.05) is 0 Å². The Morgan fingerprint density at radius 1 is 2.00 bits per heavy atom. The van der Waals surface area contributed by atoms with E-state index in [1.807, 2.05) is 0 Å². The summed E-state index contributed by atoms with van der Waals surface area (Å²) in [5, 5.41) is 0. The SMILES string of the molecule is O=S([O-])S.[H-].[K+]. The van der Waals surface area contributed by atoms with Crippen molar-refractivity contribution in [3.05, 3.63) is 0 Å². The maximum Gasteiger partial charge on any atom is 1.00 e. The van der Waals surface area contributed by atoms with Crippen LogP contribution < -0.4 is 51.4 Å². The molecule has 0 spiro atoms. The molecule has 0 saturated carbocycles.